The van der Waals surface area contributed by atoms with Crippen molar-refractivity contribution in [2.24, 2.45) is 0 Å². The van der Waals surface area contributed by atoms with Crippen LogP contribution in [0.3, 0.4) is 0 Å². The van der Waals surface area contributed by atoms with Gasteiger partial charge in [0.1, 0.15) is 5.69 Å². The number of ketones is 1. The van der Waals surface area contributed by atoms with Crippen molar-refractivity contribution in [2.75, 3.05) is 26.2 Å². The first-order chi connectivity index (χ1) is 15.5. The van der Waals surface area contributed by atoms with Crippen LogP contribution in [0, 0.1) is 0 Å². The molecule has 0 radical (unpaired) electrons. The molecule has 166 valence electrons. The molecule has 10 heteroatoms. The van der Waals surface area contributed by atoms with Crippen LogP contribution in [0.5, 0.6) is 0 Å². The lowest BCUT2D eigenvalue weighted by Crippen LogP contribution is -2.27. The summed E-state index contributed by atoms with van der Waals surface area (Å²) >= 11 is 0. The number of carbonyl (C=O) groups excluding carboxylic acids is 4. The molecule has 10 nitrogen and oxygen atoms in total. The zero-order valence-corrected chi connectivity index (χ0v) is 17.3. The van der Waals surface area contributed by atoms with E-state index in [-0.39, 0.29) is 30.1 Å². The number of carbonyl (C=O) groups is 4. The maximum Gasteiger partial charge on any atom is 0.308 e. The van der Waals surface area contributed by atoms with E-state index in [9.17, 15) is 19.2 Å². The van der Waals surface area contributed by atoms with Crippen LogP contribution in [-0.2, 0) is 9.53 Å². The number of Topliss-reactive ketones (excluding diaryl/α,β-unsaturated/α-hetero) is 1. The van der Waals surface area contributed by atoms with Gasteiger partial charge in [-0.3, -0.25) is 24.3 Å². The number of nitrogens with zero attached hydrogens (tertiary/aromatic N) is 2. The average molecular weight is 437 g/mol. The van der Waals surface area contributed by atoms with Crippen LogP contribution in [0.15, 0.2) is 36.5 Å². The summed E-state index contributed by atoms with van der Waals surface area (Å²) < 4.78 is 5.00. The zero-order valence-electron chi connectivity index (χ0n) is 17.3. The highest BCUT2D eigenvalue weighted by atomic mass is 16.5. The van der Waals surface area contributed by atoms with Gasteiger partial charge >= 0.3 is 5.97 Å². The van der Waals surface area contributed by atoms with Gasteiger partial charge in [-0.1, -0.05) is 18.2 Å². The van der Waals surface area contributed by atoms with Gasteiger partial charge in [0.25, 0.3) is 11.8 Å². The molecule has 32 heavy (non-hydrogen) atoms. The summed E-state index contributed by atoms with van der Waals surface area (Å²) in [5, 5.41) is 10.1. The number of hydrogen-bond acceptors (Lipinski definition) is 6. The number of likely N-dealkylation sites (tertiary alicyclic amines) is 1. The van der Waals surface area contributed by atoms with Crippen LogP contribution in [0.25, 0.3) is 10.9 Å². The molecular weight excluding hydrogens is 414 g/mol. The second-order valence-corrected chi connectivity index (χ2v) is 7.51. The van der Waals surface area contributed by atoms with Gasteiger partial charge in [-0.2, -0.15) is 5.10 Å². The SMILES string of the molecule is O=C(CCNC(=O)c1n[nH]c2ccccc12)OCC(=O)c1c[nH]c(C(=O)N2CCCC2)c1. The minimum atomic E-state index is -0.616. The molecule has 0 aliphatic carbocycles. The Bertz CT molecular complexity index is 1160. The highest BCUT2D eigenvalue weighted by molar-refractivity contribution is 6.04. The first-order valence-electron chi connectivity index (χ1n) is 10.4. The Morgan fingerprint density at radius 3 is 2.72 bits per heavy atom. The van der Waals surface area contributed by atoms with E-state index in [0.717, 1.165) is 18.4 Å². The molecule has 1 aliphatic heterocycles. The lowest BCUT2D eigenvalue weighted by Gasteiger charge is -2.13. The van der Waals surface area contributed by atoms with Gasteiger partial charge in [0, 0.05) is 36.8 Å². The monoisotopic (exact) mass is 437 g/mol. The number of benzene rings is 1. The molecule has 2 aromatic heterocycles. The molecule has 0 unspecified atom stereocenters. The number of aromatic amines is 2. The summed E-state index contributed by atoms with van der Waals surface area (Å²) in [6, 6.07) is 8.70. The smallest absolute Gasteiger partial charge is 0.308 e. The van der Waals surface area contributed by atoms with Gasteiger partial charge in [0.15, 0.2) is 12.3 Å². The number of H-pyrrole nitrogens is 2. The van der Waals surface area contributed by atoms with E-state index in [1.807, 2.05) is 12.1 Å². The fraction of sp³-hybridized carbons (Fsp3) is 0.318. The Morgan fingerprint density at radius 1 is 1.12 bits per heavy atom. The van der Waals surface area contributed by atoms with E-state index in [4.69, 9.17) is 4.74 Å². The normalized spacial score (nSPS) is 13.3. The molecule has 3 heterocycles. The fourth-order valence-electron chi connectivity index (χ4n) is 3.57. The molecular formula is C22H23N5O5. The molecule has 1 aromatic carbocycles. The van der Waals surface area contributed by atoms with E-state index < -0.39 is 24.3 Å². The van der Waals surface area contributed by atoms with Crippen molar-refractivity contribution in [3.63, 3.8) is 0 Å². The van der Waals surface area contributed by atoms with Gasteiger partial charge in [-0.25, -0.2) is 0 Å². The Hall–Kier alpha value is -3.95. The van der Waals surface area contributed by atoms with Gasteiger partial charge < -0.3 is 19.9 Å². The van der Waals surface area contributed by atoms with Gasteiger partial charge in [-0.05, 0) is 25.0 Å². The predicted octanol–water partition coefficient (Wildman–Crippen LogP) is 1.67. The van der Waals surface area contributed by atoms with Gasteiger partial charge in [0.2, 0.25) is 5.78 Å². The van der Waals surface area contributed by atoms with E-state index >= 15 is 0 Å². The Balaban J connectivity index is 1.21. The molecule has 1 fully saturated rings. The number of hydrogen-bond donors (Lipinski definition) is 3. The van der Waals surface area contributed by atoms with Gasteiger partial charge in [0.05, 0.1) is 11.9 Å². The molecule has 4 rings (SSSR count). The molecule has 1 aliphatic rings. The molecule has 0 atom stereocenters. The number of aromatic nitrogens is 3. The molecule has 0 saturated carbocycles. The van der Waals surface area contributed by atoms with E-state index in [0.29, 0.717) is 24.2 Å². The molecule has 1 saturated heterocycles. The highest BCUT2D eigenvalue weighted by Crippen LogP contribution is 2.15. The maximum atomic E-state index is 12.3. The lowest BCUT2D eigenvalue weighted by atomic mass is 10.2. The minimum absolute atomic E-state index is 0.0473. The second kappa shape index (κ2) is 9.46. The van der Waals surface area contributed by atoms with Crippen molar-refractivity contribution >= 4 is 34.5 Å². The van der Waals surface area contributed by atoms with Crippen LogP contribution in [0.1, 0.15) is 50.6 Å². The number of para-hydroxylation sites is 1. The average Bonchev–Trinajstić information content (AvgIpc) is 3.57. The Morgan fingerprint density at radius 2 is 1.91 bits per heavy atom. The molecule has 3 aromatic rings. The van der Waals surface area contributed by atoms with Crippen molar-refractivity contribution in [1.82, 2.24) is 25.4 Å². The number of rotatable bonds is 8. The van der Waals surface area contributed by atoms with Crippen molar-refractivity contribution in [3.05, 3.63) is 53.5 Å². The third-order valence-corrected chi connectivity index (χ3v) is 5.29. The maximum absolute atomic E-state index is 12.3. The van der Waals surface area contributed by atoms with Crippen LogP contribution < -0.4 is 5.32 Å². The number of ether oxygens (including phenoxy) is 1. The van der Waals surface area contributed by atoms with Gasteiger partial charge in [-0.15, -0.1) is 0 Å². The number of nitrogens with one attached hydrogen (secondary N) is 3. The van der Waals surface area contributed by atoms with Crippen molar-refractivity contribution < 1.29 is 23.9 Å². The summed E-state index contributed by atoms with van der Waals surface area (Å²) in [4.78, 5) is 53.4. The molecule has 0 bridgehead atoms. The quantitative estimate of drug-likeness (QED) is 0.362. The number of amides is 2. The van der Waals surface area contributed by atoms with Crippen molar-refractivity contribution in [1.29, 1.82) is 0 Å². The summed E-state index contributed by atoms with van der Waals surface area (Å²) in [5.41, 5.74) is 1.61. The summed E-state index contributed by atoms with van der Waals surface area (Å²) in [6.07, 6.45) is 3.31. The Kier molecular flexibility index (Phi) is 6.29. The lowest BCUT2D eigenvalue weighted by molar-refractivity contribution is -0.142. The summed E-state index contributed by atoms with van der Waals surface area (Å²) in [7, 11) is 0. The predicted molar refractivity (Wildman–Crippen MR) is 114 cm³/mol. The fourth-order valence-corrected chi connectivity index (χ4v) is 3.57. The van der Waals surface area contributed by atoms with Crippen molar-refractivity contribution in [2.45, 2.75) is 19.3 Å². The molecule has 0 spiro atoms. The third-order valence-electron chi connectivity index (χ3n) is 5.29. The van der Waals surface area contributed by atoms with Crippen molar-refractivity contribution in [3.8, 4) is 0 Å². The summed E-state index contributed by atoms with van der Waals surface area (Å²) in [5.74, 6) is -1.58. The number of fused-ring (bicyclic) bond motifs is 1. The minimum Gasteiger partial charge on any atom is -0.457 e. The van der Waals surface area contributed by atoms with E-state index in [1.165, 1.54) is 12.3 Å². The van der Waals surface area contributed by atoms with Crippen LogP contribution in [-0.4, -0.2) is 69.9 Å². The highest BCUT2D eigenvalue weighted by Gasteiger charge is 2.22. The first-order valence-corrected chi connectivity index (χ1v) is 10.4. The number of esters is 1. The van der Waals surface area contributed by atoms with Crippen LogP contribution in [0.4, 0.5) is 0 Å². The zero-order chi connectivity index (χ0) is 22.5. The molecule has 3 N–H and O–H groups in total. The largest absolute Gasteiger partial charge is 0.457 e. The van der Waals surface area contributed by atoms with Crippen LogP contribution >= 0.6 is 0 Å². The summed E-state index contributed by atoms with van der Waals surface area (Å²) in [6.45, 7) is 1.04. The Labute approximate surface area is 183 Å². The molecule has 2 amide bonds. The standard InChI is InChI=1S/C22H23N5O5/c28-18(14-11-17(24-12-14)22(31)27-9-3-4-10-27)13-32-19(29)7-8-23-21(30)20-15-5-1-2-6-16(15)25-26-20/h1-2,5-6,11-12,24H,3-4,7-10,13H2,(H,23,30)(H,25,26). The third kappa shape index (κ3) is 4.69. The first kappa shape index (κ1) is 21.3. The van der Waals surface area contributed by atoms with E-state index in [1.54, 1.807) is 17.0 Å². The van der Waals surface area contributed by atoms with Crippen LogP contribution in [0.2, 0.25) is 0 Å². The van der Waals surface area contributed by atoms with E-state index in [2.05, 4.69) is 20.5 Å². The second-order valence-electron chi connectivity index (χ2n) is 7.51. The topological polar surface area (TPSA) is 137 Å².